The van der Waals surface area contributed by atoms with Gasteiger partial charge in [-0.3, -0.25) is 0 Å². The van der Waals surface area contributed by atoms with Gasteiger partial charge in [-0.2, -0.15) is 0 Å². The minimum absolute atomic E-state index is 0.502. The van der Waals surface area contributed by atoms with Crippen LogP contribution in [0.15, 0.2) is 54.6 Å². The van der Waals surface area contributed by atoms with Crippen LogP contribution in [0.25, 0.3) is 11.1 Å². The van der Waals surface area contributed by atoms with Crippen molar-refractivity contribution in [1.82, 2.24) is 0 Å². The van der Waals surface area contributed by atoms with E-state index in [1.54, 1.807) is 0 Å². The summed E-state index contributed by atoms with van der Waals surface area (Å²) in [5, 5.41) is 3.66. The molecule has 0 spiro atoms. The lowest BCUT2D eigenvalue weighted by molar-refractivity contribution is 0.528. The Labute approximate surface area is 123 Å². The van der Waals surface area contributed by atoms with E-state index in [0.29, 0.717) is 6.04 Å². The van der Waals surface area contributed by atoms with Crippen molar-refractivity contribution in [3.8, 4) is 11.1 Å². The molecule has 106 valence electrons. The first kappa shape index (κ1) is 14.6. The SMILES string of the molecule is CC(C)CCC(C)Nc1ccccc1-c1ccccc1. The van der Waals surface area contributed by atoms with Gasteiger partial charge in [0.15, 0.2) is 0 Å². The molecule has 0 aromatic heterocycles. The molecule has 1 atom stereocenters. The molecular formula is C19H25N. The third-order valence-electron chi connectivity index (χ3n) is 3.59. The van der Waals surface area contributed by atoms with Crippen molar-refractivity contribution in [1.29, 1.82) is 0 Å². The number of nitrogens with one attached hydrogen (secondary N) is 1. The summed E-state index contributed by atoms with van der Waals surface area (Å²) in [5.41, 5.74) is 3.78. The van der Waals surface area contributed by atoms with Gasteiger partial charge in [-0.15, -0.1) is 0 Å². The van der Waals surface area contributed by atoms with E-state index in [1.165, 1.54) is 29.7 Å². The summed E-state index contributed by atoms with van der Waals surface area (Å²) < 4.78 is 0. The summed E-state index contributed by atoms with van der Waals surface area (Å²) in [6, 6.07) is 19.6. The van der Waals surface area contributed by atoms with Crippen LogP contribution in [0, 0.1) is 5.92 Å². The molecule has 2 rings (SSSR count). The molecule has 20 heavy (non-hydrogen) atoms. The summed E-state index contributed by atoms with van der Waals surface area (Å²) in [6.45, 7) is 6.83. The highest BCUT2D eigenvalue weighted by molar-refractivity contribution is 5.77. The molecule has 1 unspecified atom stereocenters. The van der Waals surface area contributed by atoms with Crippen LogP contribution in [0.3, 0.4) is 0 Å². The number of anilines is 1. The van der Waals surface area contributed by atoms with Crippen molar-refractivity contribution >= 4 is 5.69 Å². The zero-order valence-electron chi connectivity index (χ0n) is 12.8. The molecule has 0 aliphatic heterocycles. The second-order valence-corrected chi connectivity index (χ2v) is 5.93. The maximum Gasteiger partial charge on any atom is 0.0421 e. The molecular weight excluding hydrogens is 242 g/mol. The van der Waals surface area contributed by atoms with Crippen LogP contribution in [-0.4, -0.2) is 6.04 Å². The fourth-order valence-corrected chi connectivity index (χ4v) is 2.40. The molecule has 0 aliphatic carbocycles. The van der Waals surface area contributed by atoms with Crippen LogP contribution in [0.1, 0.15) is 33.6 Å². The molecule has 0 bridgehead atoms. The minimum Gasteiger partial charge on any atom is -0.382 e. The Morgan fingerprint density at radius 2 is 1.45 bits per heavy atom. The number of hydrogen-bond acceptors (Lipinski definition) is 1. The zero-order valence-corrected chi connectivity index (χ0v) is 12.8. The quantitative estimate of drug-likeness (QED) is 0.719. The van der Waals surface area contributed by atoms with Gasteiger partial charge in [0.1, 0.15) is 0 Å². The summed E-state index contributed by atoms with van der Waals surface area (Å²) in [5.74, 6) is 0.767. The van der Waals surface area contributed by atoms with Crippen LogP contribution < -0.4 is 5.32 Å². The van der Waals surface area contributed by atoms with Crippen molar-refractivity contribution in [2.45, 2.75) is 39.7 Å². The number of hydrogen-bond donors (Lipinski definition) is 1. The van der Waals surface area contributed by atoms with Gasteiger partial charge >= 0.3 is 0 Å². The molecule has 0 radical (unpaired) electrons. The van der Waals surface area contributed by atoms with E-state index in [-0.39, 0.29) is 0 Å². The Morgan fingerprint density at radius 3 is 2.15 bits per heavy atom. The lowest BCUT2D eigenvalue weighted by Crippen LogP contribution is -2.16. The lowest BCUT2D eigenvalue weighted by atomic mass is 10.0. The van der Waals surface area contributed by atoms with Crippen molar-refractivity contribution in [2.75, 3.05) is 5.32 Å². The Balaban J connectivity index is 2.12. The van der Waals surface area contributed by atoms with Crippen LogP contribution in [0.5, 0.6) is 0 Å². The van der Waals surface area contributed by atoms with E-state index >= 15 is 0 Å². The van der Waals surface area contributed by atoms with Gasteiger partial charge in [0.25, 0.3) is 0 Å². The fourth-order valence-electron chi connectivity index (χ4n) is 2.40. The summed E-state index contributed by atoms with van der Waals surface area (Å²) >= 11 is 0. The maximum absolute atomic E-state index is 3.66. The number of rotatable bonds is 6. The van der Waals surface area contributed by atoms with Crippen molar-refractivity contribution in [2.24, 2.45) is 5.92 Å². The smallest absolute Gasteiger partial charge is 0.0421 e. The van der Waals surface area contributed by atoms with Crippen LogP contribution in [0.4, 0.5) is 5.69 Å². The maximum atomic E-state index is 3.66. The molecule has 2 aromatic carbocycles. The molecule has 1 N–H and O–H groups in total. The van der Waals surface area contributed by atoms with Crippen molar-refractivity contribution in [3.05, 3.63) is 54.6 Å². The Hall–Kier alpha value is -1.76. The molecule has 0 aliphatic rings. The molecule has 1 nitrogen and oxygen atoms in total. The monoisotopic (exact) mass is 267 g/mol. The third kappa shape index (κ3) is 4.12. The first-order valence-corrected chi connectivity index (χ1v) is 7.58. The third-order valence-corrected chi connectivity index (χ3v) is 3.59. The first-order valence-electron chi connectivity index (χ1n) is 7.58. The second-order valence-electron chi connectivity index (χ2n) is 5.93. The van der Waals surface area contributed by atoms with Crippen LogP contribution in [0.2, 0.25) is 0 Å². The Bertz CT molecular complexity index is 516. The standard InChI is InChI=1S/C19H25N/c1-15(2)13-14-16(3)20-19-12-8-7-11-18(19)17-9-5-4-6-10-17/h4-12,15-16,20H,13-14H2,1-3H3. The largest absolute Gasteiger partial charge is 0.382 e. The average Bonchev–Trinajstić information content (AvgIpc) is 2.47. The molecule has 0 fully saturated rings. The molecule has 0 saturated carbocycles. The van der Waals surface area contributed by atoms with E-state index in [9.17, 15) is 0 Å². The van der Waals surface area contributed by atoms with Crippen molar-refractivity contribution in [3.63, 3.8) is 0 Å². The lowest BCUT2D eigenvalue weighted by Gasteiger charge is -2.19. The Kier molecular flexibility index (Phi) is 5.23. The first-order chi connectivity index (χ1) is 9.66. The number of benzene rings is 2. The highest BCUT2D eigenvalue weighted by atomic mass is 14.9. The van der Waals surface area contributed by atoms with Gasteiger partial charge in [0, 0.05) is 17.3 Å². The summed E-state index contributed by atoms with van der Waals surface area (Å²) in [4.78, 5) is 0. The van der Waals surface area contributed by atoms with Gasteiger partial charge in [-0.05, 0) is 37.3 Å². The second kappa shape index (κ2) is 7.14. The highest BCUT2D eigenvalue weighted by Gasteiger charge is 2.08. The molecule has 0 heterocycles. The molecule has 2 aromatic rings. The zero-order chi connectivity index (χ0) is 14.4. The van der Waals surface area contributed by atoms with E-state index in [2.05, 4.69) is 80.7 Å². The van der Waals surface area contributed by atoms with Gasteiger partial charge in [-0.25, -0.2) is 0 Å². The van der Waals surface area contributed by atoms with Crippen LogP contribution >= 0.6 is 0 Å². The topological polar surface area (TPSA) is 12.0 Å². The average molecular weight is 267 g/mol. The molecule has 0 saturated heterocycles. The van der Waals surface area contributed by atoms with E-state index in [0.717, 1.165) is 5.92 Å². The fraction of sp³-hybridized carbons (Fsp3) is 0.368. The van der Waals surface area contributed by atoms with Crippen LogP contribution in [-0.2, 0) is 0 Å². The molecule has 1 heteroatoms. The number of para-hydroxylation sites is 1. The van der Waals surface area contributed by atoms with Gasteiger partial charge < -0.3 is 5.32 Å². The van der Waals surface area contributed by atoms with E-state index < -0.39 is 0 Å². The summed E-state index contributed by atoms with van der Waals surface area (Å²) in [6.07, 6.45) is 2.47. The molecule has 0 amide bonds. The van der Waals surface area contributed by atoms with Gasteiger partial charge in [-0.1, -0.05) is 62.4 Å². The van der Waals surface area contributed by atoms with Gasteiger partial charge in [0.05, 0.1) is 0 Å². The predicted octanol–water partition coefficient (Wildman–Crippen LogP) is 5.59. The van der Waals surface area contributed by atoms with Gasteiger partial charge in [0.2, 0.25) is 0 Å². The normalized spacial score (nSPS) is 12.4. The van der Waals surface area contributed by atoms with E-state index in [1.807, 2.05) is 0 Å². The Morgan fingerprint density at radius 1 is 0.800 bits per heavy atom. The van der Waals surface area contributed by atoms with E-state index in [4.69, 9.17) is 0 Å². The predicted molar refractivity (Wildman–Crippen MR) is 89.0 cm³/mol. The summed E-state index contributed by atoms with van der Waals surface area (Å²) in [7, 11) is 0. The minimum atomic E-state index is 0.502. The van der Waals surface area contributed by atoms with Crippen molar-refractivity contribution < 1.29 is 0 Å². The highest BCUT2D eigenvalue weighted by Crippen LogP contribution is 2.28.